The number of pyridine rings is 1. The Balaban J connectivity index is 1.99. The average Bonchev–Trinajstić information content (AvgIpc) is 2.86. The van der Waals surface area contributed by atoms with Crippen LogP contribution < -0.4 is 10.2 Å². The van der Waals surface area contributed by atoms with Crippen molar-refractivity contribution in [3.63, 3.8) is 0 Å². The van der Waals surface area contributed by atoms with Gasteiger partial charge in [0.1, 0.15) is 5.82 Å². The van der Waals surface area contributed by atoms with Crippen LogP contribution in [0.15, 0.2) is 18.2 Å². The normalized spacial score (nSPS) is 19.7. The maximum absolute atomic E-state index is 4.78. The van der Waals surface area contributed by atoms with E-state index in [1.807, 2.05) is 0 Å². The highest BCUT2D eigenvalue weighted by Crippen LogP contribution is 2.27. The molecule has 1 aliphatic heterocycles. The molecule has 1 atom stereocenters. The van der Waals surface area contributed by atoms with Crippen LogP contribution in [-0.4, -0.2) is 24.1 Å². The molecular weight excluding hydrogens is 234 g/mol. The summed E-state index contributed by atoms with van der Waals surface area (Å²) in [5.74, 6) is 2.74. The van der Waals surface area contributed by atoms with Gasteiger partial charge < -0.3 is 10.2 Å². The lowest BCUT2D eigenvalue weighted by Crippen LogP contribution is -2.24. The van der Waals surface area contributed by atoms with Gasteiger partial charge in [-0.15, -0.1) is 0 Å². The first-order valence-electron chi connectivity index (χ1n) is 7.50. The van der Waals surface area contributed by atoms with E-state index in [0.29, 0.717) is 6.04 Å². The smallest absolute Gasteiger partial charge is 0.128 e. The molecule has 2 heterocycles. The molecule has 0 aromatic carbocycles. The first-order valence-corrected chi connectivity index (χ1v) is 7.50. The quantitative estimate of drug-likeness (QED) is 0.883. The molecule has 1 aromatic heterocycles. The Morgan fingerprint density at radius 1 is 1.32 bits per heavy atom. The van der Waals surface area contributed by atoms with Gasteiger partial charge in [0.05, 0.1) is 5.69 Å². The van der Waals surface area contributed by atoms with Crippen molar-refractivity contribution < 1.29 is 0 Å². The minimum Gasteiger partial charge on any atom is -0.356 e. The monoisotopic (exact) mass is 261 g/mol. The molecule has 1 N–H and O–H groups in total. The van der Waals surface area contributed by atoms with Crippen molar-refractivity contribution >= 4 is 5.82 Å². The number of hydrogen-bond acceptors (Lipinski definition) is 3. The Kier molecular flexibility index (Phi) is 4.81. The second-order valence-electron chi connectivity index (χ2n) is 6.26. The molecule has 3 nitrogen and oxygen atoms in total. The molecule has 0 amide bonds. The predicted octanol–water partition coefficient (Wildman–Crippen LogP) is 3.06. The number of anilines is 1. The molecule has 1 aromatic rings. The minimum absolute atomic E-state index is 0.502. The van der Waals surface area contributed by atoms with Crippen LogP contribution in [0.5, 0.6) is 0 Å². The third-order valence-corrected chi connectivity index (χ3v) is 3.98. The van der Waals surface area contributed by atoms with Crippen LogP contribution in [0.1, 0.15) is 39.8 Å². The van der Waals surface area contributed by atoms with Crippen LogP contribution in [0.3, 0.4) is 0 Å². The van der Waals surface area contributed by atoms with Crippen LogP contribution in [0.2, 0.25) is 0 Å². The van der Waals surface area contributed by atoms with Gasteiger partial charge in [0.15, 0.2) is 0 Å². The maximum Gasteiger partial charge on any atom is 0.128 e. The van der Waals surface area contributed by atoms with Crippen molar-refractivity contribution in [3.05, 3.63) is 23.9 Å². The van der Waals surface area contributed by atoms with Gasteiger partial charge in [0.2, 0.25) is 0 Å². The molecule has 3 heteroatoms. The molecule has 0 spiro atoms. The Morgan fingerprint density at radius 2 is 2.11 bits per heavy atom. The van der Waals surface area contributed by atoms with Gasteiger partial charge in [-0.2, -0.15) is 0 Å². The maximum atomic E-state index is 4.78. The van der Waals surface area contributed by atoms with Gasteiger partial charge >= 0.3 is 0 Å². The first kappa shape index (κ1) is 14.3. The largest absolute Gasteiger partial charge is 0.356 e. The molecule has 0 radical (unpaired) electrons. The fraction of sp³-hybridized carbons (Fsp3) is 0.688. The van der Waals surface area contributed by atoms with E-state index in [2.05, 4.69) is 56.1 Å². The van der Waals surface area contributed by atoms with E-state index in [9.17, 15) is 0 Å². The summed E-state index contributed by atoms with van der Waals surface area (Å²) >= 11 is 0. The lowest BCUT2D eigenvalue weighted by Gasteiger charge is -2.19. The van der Waals surface area contributed by atoms with Crippen molar-refractivity contribution in [2.24, 2.45) is 11.8 Å². The van der Waals surface area contributed by atoms with Crippen molar-refractivity contribution in [2.75, 3.05) is 18.0 Å². The van der Waals surface area contributed by atoms with Gasteiger partial charge in [-0.25, -0.2) is 4.98 Å². The Morgan fingerprint density at radius 3 is 2.74 bits per heavy atom. The third-order valence-electron chi connectivity index (χ3n) is 3.98. The van der Waals surface area contributed by atoms with E-state index >= 15 is 0 Å². The van der Waals surface area contributed by atoms with E-state index in [4.69, 9.17) is 4.98 Å². The Labute approximate surface area is 117 Å². The summed E-state index contributed by atoms with van der Waals surface area (Å²) in [7, 11) is 0. The molecule has 1 aliphatic rings. The summed E-state index contributed by atoms with van der Waals surface area (Å²) in [6.07, 6.45) is 1.30. The van der Waals surface area contributed by atoms with Crippen LogP contribution in [0.25, 0.3) is 0 Å². The molecule has 0 saturated carbocycles. The molecule has 1 saturated heterocycles. The SMILES string of the molecule is CC(C)NCc1cccc(N2CCC(C(C)C)C2)n1. The molecule has 1 fully saturated rings. The van der Waals surface area contributed by atoms with E-state index in [0.717, 1.165) is 43.0 Å². The lowest BCUT2D eigenvalue weighted by atomic mass is 9.95. The van der Waals surface area contributed by atoms with Gasteiger partial charge in [-0.1, -0.05) is 33.8 Å². The number of aromatic nitrogens is 1. The highest BCUT2D eigenvalue weighted by atomic mass is 15.2. The van der Waals surface area contributed by atoms with Crippen LogP contribution in [-0.2, 0) is 6.54 Å². The number of rotatable bonds is 5. The molecule has 19 heavy (non-hydrogen) atoms. The third kappa shape index (κ3) is 3.93. The highest BCUT2D eigenvalue weighted by molar-refractivity contribution is 5.40. The topological polar surface area (TPSA) is 28.2 Å². The fourth-order valence-electron chi connectivity index (χ4n) is 2.59. The zero-order valence-corrected chi connectivity index (χ0v) is 12.7. The van der Waals surface area contributed by atoms with Gasteiger partial charge in [0.25, 0.3) is 0 Å². The Bertz CT molecular complexity index is 401. The van der Waals surface area contributed by atoms with Gasteiger partial charge in [0, 0.05) is 25.7 Å². The van der Waals surface area contributed by atoms with Crippen molar-refractivity contribution in [1.29, 1.82) is 0 Å². The van der Waals surface area contributed by atoms with Crippen LogP contribution in [0.4, 0.5) is 5.82 Å². The second-order valence-corrected chi connectivity index (χ2v) is 6.26. The summed E-state index contributed by atoms with van der Waals surface area (Å²) in [4.78, 5) is 7.22. The molecule has 0 aliphatic carbocycles. The number of nitrogens with one attached hydrogen (secondary N) is 1. The average molecular weight is 261 g/mol. The number of hydrogen-bond donors (Lipinski definition) is 1. The number of nitrogens with zero attached hydrogens (tertiary/aromatic N) is 2. The Hall–Kier alpha value is -1.09. The van der Waals surface area contributed by atoms with E-state index < -0.39 is 0 Å². The standard InChI is InChI=1S/C16H27N3/c1-12(2)14-8-9-19(11-14)16-7-5-6-15(18-16)10-17-13(3)4/h5-7,12-14,17H,8-11H2,1-4H3. The summed E-state index contributed by atoms with van der Waals surface area (Å²) in [6.45, 7) is 12.1. The van der Waals surface area contributed by atoms with E-state index in [-0.39, 0.29) is 0 Å². The summed E-state index contributed by atoms with van der Waals surface area (Å²) in [5.41, 5.74) is 1.14. The van der Waals surface area contributed by atoms with E-state index in [1.54, 1.807) is 0 Å². The lowest BCUT2D eigenvalue weighted by molar-refractivity contribution is 0.422. The molecule has 0 bridgehead atoms. The zero-order chi connectivity index (χ0) is 13.8. The van der Waals surface area contributed by atoms with Gasteiger partial charge in [-0.3, -0.25) is 0 Å². The predicted molar refractivity (Wildman–Crippen MR) is 81.4 cm³/mol. The summed E-state index contributed by atoms with van der Waals surface area (Å²) in [6, 6.07) is 6.88. The molecule has 1 unspecified atom stereocenters. The fourth-order valence-corrected chi connectivity index (χ4v) is 2.59. The minimum atomic E-state index is 0.502. The van der Waals surface area contributed by atoms with Crippen LogP contribution in [0, 0.1) is 11.8 Å². The molecule has 2 rings (SSSR count). The van der Waals surface area contributed by atoms with Crippen molar-refractivity contribution in [3.8, 4) is 0 Å². The van der Waals surface area contributed by atoms with Crippen molar-refractivity contribution in [2.45, 2.75) is 46.7 Å². The summed E-state index contributed by atoms with van der Waals surface area (Å²) < 4.78 is 0. The molecule has 106 valence electrons. The highest BCUT2D eigenvalue weighted by Gasteiger charge is 2.25. The second kappa shape index (κ2) is 6.38. The summed E-state index contributed by atoms with van der Waals surface area (Å²) in [5, 5.41) is 3.43. The van der Waals surface area contributed by atoms with Crippen LogP contribution >= 0.6 is 0 Å². The molecular formula is C16H27N3. The van der Waals surface area contributed by atoms with Crippen molar-refractivity contribution in [1.82, 2.24) is 10.3 Å². The first-order chi connectivity index (χ1) is 9.06. The van der Waals surface area contributed by atoms with Gasteiger partial charge in [-0.05, 0) is 30.4 Å². The zero-order valence-electron chi connectivity index (χ0n) is 12.7. The van der Waals surface area contributed by atoms with E-state index in [1.165, 1.54) is 6.42 Å².